The Kier molecular flexibility index (Phi) is 12.3. The van der Waals surface area contributed by atoms with E-state index in [1.807, 2.05) is 0 Å². The van der Waals surface area contributed by atoms with E-state index in [9.17, 15) is 0 Å². The molecule has 0 aliphatic carbocycles. The van der Waals surface area contributed by atoms with Gasteiger partial charge in [-0.25, -0.2) is 15.0 Å². The number of aromatic nitrogens is 8. The second-order valence-corrected chi connectivity index (χ2v) is 25.8. The normalized spacial score (nSPS) is 12.0. The number of rotatable bonds is 8. The van der Waals surface area contributed by atoms with E-state index >= 15 is 0 Å². The molecule has 0 unspecified atom stereocenters. The van der Waals surface area contributed by atoms with Gasteiger partial charge in [0.15, 0.2) is 17.5 Å². The molecule has 92 heavy (non-hydrogen) atoms. The molecule has 8 heteroatoms. The van der Waals surface area contributed by atoms with Gasteiger partial charge in [0.05, 0.1) is 72.4 Å². The summed E-state index contributed by atoms with van der Waals surface area (Å²) in [7, 11) is 0. The van der Waals surface area contributed by atoms with Gasteiger partial charge in [0, 0.05) is 71.2 Å². The molecule has 17 aromatic rings. The molecule has 6 aromatic heterocycles. The minimum Gasteiger partial charge on any atom is -0.308 e. The minimum absolute atomic E-state index is 0.517. The summed E-state index contributed by atoms with van der Waals surface area (Å²) in [5.41, 5.74) is 28.1. The number of nitrogens with zero attached hydrogens (tertiary/aromatic N) is 8. The summed E-state index contributed by atoms with van der Waals surface area (Å²) in [6, 6.07) is 81.4. The molecule has 0 aliphatic heterocycles. The highest BCUT2D eigenvalue weighted by atomic mass is 15.1. The summed E-state index contributed by atoms with van der Waals surface area (Å²) in [5.74, 6) is 1.64. The third kappa shape index (κ3) is 8.50. The first kappa shape index (κ1) is 54.9. The molecule has 442 valence electrons. The van der Waals surface area contributed by atoms with E-state index in [1.165, 1.54) is 55.3 Å². The molecular formula is C84H66N8. The van der Waals surface area contributed by atoms with Crippen LogP contribution in [0.4, 0.5) is 0 Å². The van der Waals surface area contributed by atoms with Crippen molar-refractivity contribution in [1.29, 1.82) is 0 Å². The van der Waals surface area contributed by atoms with Crippen LogP contribution in [-0.2, 0) is 0 Å². The first-order valence-corrected chi connectivity index (χ1v) is 31.9. The predicted molar refractivity (Wildman–Crippen MR) is 384 cm³/mol. The van der Waals surface area contributed by atoms with E-state index in [-0.39, 0.29) is 0 Å². The molecule has 0 fully saturated rings. The highest BCUT2D eigenvalue weighted by Crippen LogP contribution is 2.55. The third-order valence-corrected chi connectivity index (χ3v) is 18.9. The Labute approximate surface area is 534 Å². The molecule has 0 amide bonds. The van der Waals surface area contributed by atoms with Crippen LogP contribution >= 0.6 is 0 Å². The molecule has 0 radical (unpaired) electrons. The Morgan fingerprint density at radius 1 is 0.207 bits per heavy atom. The molecule has 11 aromatic carbocycles. The van der Waals surface area contributed by atoms with Crippen LogP contribution in [-0.4, -0.2) is 38.2 Å². The smallest absolute Gasteiger partial charge is 0.168 e. The Hall–Kier alpha value is -11.2. The van der Waals surface area contributed by atoms with Crippen molar-refractivity contribution in [2.24, 2.45) is 0 Å². The fourth-order valence-electron chi connectivity index (χ4n) is 14.9. The van der Waals surface area contributed by atoms with Crippen molar-refractivity contribution in [3.63, 3.8) is 0 Å². The van der Waals surface area contributed by atoms with Crippen LogP contribution in [0, 0.1) is 69.2 Å². The maximum absolute atomic E-state index is 5.99. The molecule has 0 saturated carbocycles. The topological polar surface area (TPSA) is 71.3 Å². The van der Waals surface area contributed by atoms with Gasteiger partial charge in [-0.3, -0.25) is 4.98 Å². The van der Waals surface area contributed by atoms with Crippen LogP contribution < -0.4 is 0 Å². The molecule has 0 N–H and O–H groups in total. The van der Waals surface area contributed by atoms with E-state index in [0.29, 0.717) is 17.5 Å². The van der Waals surface area contributed by atoms with Crippen molar-refractivity contribution >= 4 is 87.2 Å². The predicted octanol–water partition coefficient (Wildman–Crippen LogP) is 21.4. The van der Waals surface area contributed by atoms with Crippen molar-refractivity contribution < 1.29 is 0 Å². The molecule has 0 saturated heterocycles. The number of hydrogen-bond acceptors (Lipinski definition) is 4. The summed E-state index contributed by atoms with van der Waals surface area (Å²) < 4.78 is 10.3. The lowest BCUT2D eigenvalue weighted by Crippen LogP contribution is -2.17. The largest absolute Gasteiger partial charge is 0.308 e. The number of pyridine rings is 1. The van der Waals surface area contributed by atoms with Crippen molar-refractivity contribution in [3.05, 3.63) is 274 Å². The molecule has 0 aliphatic rings. The number of benzene rings is 11. The van der Waals surface area contributed by atoms with Gasteiger partial charge in [0.1, 0.15) is 0 Å². The first-order valence-electron chi connectivity index (χ1n) is 31.9. The number of fused-ring (bicyclic) bond motifs is 12. The van der Waals surface area contributed by atoms with Crippen LogP contribution in [0.3, 0.4) is 0 Å². The maximum atomic E-state index is 5.99. The maximum Gasteiger partial charge on any atom is 0.168 e. The zero-order valence-corrected chi connectivity index (χ0v) is 53.4. The fourth-order valence-corrected chi connectivity index (χ4v) is 14.9. The second kappa shape index (κ2) is 20.7. The second-order valence-electron chi connectivity index (χ2n) is 25.8. The van der Waals surface area contributed by atoms with Gasteiger partial charge in [-0.1, -0.05) is 154 Å². The molecular weight excluding hydrogens is 1120 g/mol. The van der Waals surface area contributed by atoms with E-state index in [0.717, 1.165) is 138 Å². The van der Waals surface area contributed by atoms with Crippen LogP contribution in [0.1, 0.15) is 55.9 Å². The molecule has 17 rings (SSSR count). The lowest BCUT2D eigenvalue weighted by Gasteiger charge is -2.31. The first-order chi connectivity index (χ1) is 44.7. The summed E-state index contributed by atoms with van der Waals surface area (Å²) in [6.07, 6.45) is 0. The third-order valence-electron chi connectivity index (χ3n) is 18.9. The van der Waals surface area contributed by atoms with Gasteiger partial charge in [0.25, 0.3) is 0 Å². The molecule has 6 heterocycles. The molecule has 0 bridgehead atoms. The lowest BCUT2D eigenvalue weighted by molar-refractivity contribution is 1.02. The van der Waals surface area contributed by atoms with Gasteiger partial charge in [-0.15, -0.1) is 0 Å². The van der Waals surface area contributed by atoms with Crippen molar-refractivity contribution in [2.75, 3.05) is 0 Å². The standard InChI is InChI=1S/C84H66N8/c1-47-21-29-68-60(37-47)61-38-48(2)22-30-69(61)89(68)78-76(59-45-55(9)85-56(10)46-59)79(90-70-31-23-49(3)39-62(70)63-40-50(4)24-32-71(63)90)81(92-74-35-27-53(7)43-66(74)67-44-54(8)28-36-75(67)92)80(91-72-33-25-51(5)41-64(72)65-42-52(6)26-34-73(65)91)77(78)84-87-82(57-17-13-11-14-18-57)86-83(88-84)58-19-15-12-16-20-58/h11-46H,1-10H3. The average Bonchev–Trinajstić information content (AvgIpc) is 1.39. The van der Waals surface area contributed by atoms with Crippen molar-refractivity contribution in [1.82, 2.24) is 38.2 Å². The van der Waals surface area contributed by atoms with Crippen LogP contribution in [0.25, 0.3) is 155 Å². The highest BCUT2D eigenvalue weighted by Gasteiger charge is 2.37. The van der Waals surface area contributed by atoms with Crippen LogP contribution in [0.15, 0.2) is 218 Å². The van der Waals surface area contributed by atoms with E-state index < -0.39 is 0 Å². The fraction of sp³-hybridized carbons (Fsp3) is 0.119. The van der Waals surface area contributed by atoms with Crippen molar-refractivity contribution in [3.8, 4) is 68.0 Å². The zero-order valence-electron chi connectivity index (χ0n) is 53.4. The minimum atomic E-state index is 0.517. The highest BCUT2D eigenvalue weighted by molar-refractivity contribution is 6.19. The summed E-state index contributed by atoms with van der Waals surface area (Å²) in [5, 5.41) is 9.28. The summed E-state index contributed by atoms with van der Waals surface area (Å²) >= 11 is 0. The van der Waals surface area contributed by atoms with Gasteiger partial charge in [-0.05, 0) is 184 Å². The Morgan fingerprint density at radius 3 is 0.750 bits per heavy atom. The van der Waals surface area contributed by atoms with Gasteiger partial charge < -0.3 is 18.3 Å². The van der Waals surface area contributed by atoms with Gasteiger partial charge >= 0.3 is 0 Å². The van der Waals surface area contributed by atoms with Crippen LogP contribution in [0.5, 0.6) is 0 Å². The lowest BCUT2D eigenvalue weighted by atomic mass is 9.91. The average molecular weight is 1190 g/mol. The van der Waals surface area contributed by atoms with Gasteiger partial charge in [0.2, 0.25) is 0 Å². The molecule has 8 nitrogen and oxygen atoms in total. The van der Waals surface area contributed by atoms with E-state index in [4.69, 9.17) is 19.9 Å². The van der Waals surface area contributed by atoms with E-state index in [1.54, 1.807) is 0 Å². The van der Waals surface area contributed by atoms with Gasteiger partial charge in [-0.2, -0.15) is 0 Å². The Morgan fingerprint density at radius 2 is 0.457 bits per heavy atom. The Bertz CT molecular complexity index is 5680. The zero-order chi connectivity index (χ0) is 62.5. The Balaban J connectivity index is 1.28. The van der Waals surface area contributed by atoms with Crippen LogP contribution in [0.2, 0.25) is 0 Å². The van der Waals surface area contributed by atoms with Crippen molar-refractivity contribution in [2.45, 2.75) is 69.2 Å². The quantitative estimate of drug-likeness (QED) is 0.152. The van der Waals surface area contributed by atoms with E-state index in [2.05, 4.69) is 306 Å². The summed E-state index contributed by atoms with van der Waals surface area (Å²) in [6.45, 7) is 21.9. The summed E-state index contributed by atoms with van der Waals surface area (Å²) in [4.78, 5) is 22.7. The molecule has 0 spiro atoms. The number of hydrogen-bond donors (Lipinski definition) is 0. The molecule has 0 atom stereocenters. The monoisotopic (exact) mass is 1190 g/mol. The number of aryl methyl sites for hydroxylation is 10. The SMILES string of the molecule is Cc1ccc2c(c1)c1cc(C)ccc1n2-c1c(-c2cc(C)nc(C)c2)c(-n2c3ccc(C)cc3c3cc(C)ccc32)c(-n2c3ccc(C)cc3c3cc(C)ccc32)c(-n2c3ccc(C)cc3c3cc(C)ccc32)c1-c1nc(-c2ccccc2)nc(-c2ccccc2)n1.